The van der Waals surface area contributed by atoms with Gasteiger partial charge in [-0.25, -0.2) is 4.39 Å². The van der Waals surface area contributed by atoms with E-state index >= 15 is 0 Å². The van der Waals surface area contributed by atoms with Crippen LogP contribution in [0.3, 0.4) is 0 Å². The van der Waals surface area contributed by atoms with Crippen LogP contribution in [-0.2, 0) is 6.54 Å². The second-order valence-corrected chi connectivity index (χ2v) is 9.68. The van der Waals surface area contributed by atoms with Crippen LogP contribution in [-0.4, -0.2) is 43.1 Å². The highest BCUT2D eigenvalue weighted by Crippen LogP contribution is 2.35. The van der Waals surface area contributed by atoms with Gasteiger partial charge in [-0.2, -0.15) is 5.10 Å². The first-order chi connectivity index (χ1) is 18.2. The molecule has 182 valence electrons. The van der Waals surface area contributed by atoms with Crippen molar-refractivity contribution in [2.75, 3.05) is 13.1 Å². The molecule has 6 aromatic rings. The minimum Gasteiger partial charge on any atom is -0.353 e. The van der Waals surface area contributed by atoms with E-state index in [2.05, 4.69) is 54.3 Å². The molecule has 5 heterocycles. The number of pyridine rings is 2. The molecule has 2 aromatic carbocycles. The van der Waals surface area contributed by atoms with Crippen molar-refractivity contribution in [1.82, 2.24) is 30.0 Å². The van der Waals surface area contributed by atoms with Gasteiger partial charge in [-0.3, -0.25) is 20.0 Å². The number of halogens is 1. The van der Waals surface area contributed by atoms with Gasteiger partial charge in [-0.05, 0) is 79.5 Å². The van der Waals surface area contributed by atoms with E-state index in [1.165, 1.54) is 24.5 Å². The summed E-state index contributed by atoms with van der Waals surface area (Å²) in [6, 6.07) is 19.2. The minimum absolute atomic E-state index is 0.291. The zero-order valence-corrected chi connectivity index (χ0v) is 20.2. The lowest BCUT2D eigenvalue weighted by atomic mass is 10.0. The molecular formula is C30H25FN6. The Bertz CT molecular complexity index is 1740. The first-order valence-electron chi connectivity index (χ1n) is 12.6. The number of nitrogens with one attached hydrogen (secondary N) is 2. The number of H-pyrrole nitrogens is 2. The van der Waals surface area contributed by atoms with Gasteiger partial charge in [0.25, 0.3) is 0 Å². The Morgan fingerprint density at radius 1 is 0.838 bits per heavy atom. The molecule has 7 heteroatoms. The van der Waals surface area contributed by atoms with Crippen molar-refractivity contribution in [3.05, 3.63) is 90.6 Å². The fourth-order valence-electron chi connectivity index (χ4n) is 5.38. The maximum atomic E-state index is 14.6. The third-order valence-electron chi connectivity index (χ3n) is 7.23. The topological polar surface area (TPSA) is 73.5 Å². The predicted molar refractivity (Wildman–Crippen MR) is 144 cm³/mol. The number of hydrogen-bond acceptors (Lipinski definition) is 4. The van der Waals surface area contributed by atoms with Gasteiger partial charge < -0.3 is 4.98 Å². The Balaban J connectivity index is 1.29. The number of rotatable bonds is 5. The molecule has 0 amide bonds. The molecule has 1 aliphatic heterocycles. The van der Waals surface area contributed by atoms with Crippen molar-refractivity contribution in [2.24, 2.45) is 0 Å². The Hall–Kier alpha value is -4.36. The first kappa shape index (κ1) is 21.9. The summed E-state index contributed by atoms with van der Waals surface area (Å²) in [5.41, 5.74) is 8.01. The number of hydrogen-bond donors (Lipinski definition) is 2. The van der Waals surface area contributed by atoms with E-state index in [4.69, 9.17) is 0 Å². The second-order valence-electron chi connectivity index (χ2n) is 9.68. The zero-order valence-electron chi connectivity index (χ0n) is 20.2. The van der Waals surface area contributed by atoms with Gasteiger partial charge in [0.1, 0.15) is 11.5 Å². The zero-order chi connectivity index (χ0) is 24.8. The molecule has 37 heavy (non-hydrogen) atoms. The summed E-state index contributed by atoms with van der Waals surface area (Å²) in [7, 11) is 0. The number of nitrogens with zero attached hydrogens (tertiary/aromatic N) is 4. The maximum absolute atomic E-state index is 14.6. The Kier molecular flexibility index (Phi) is 5.29. The minimum atomic E-state index is -0.291. The monoisotopic (exact) mass is 488 g/mol. The molecule has 6 nitrogen and oxygen atoms in total. The Morgan fingerprint density at radius 2 is 1.70 bits per heavy atom. The Labute approximate surface area is 213 Å². The van der Waals surface area contributed by atoms with Crippen molar-refractivity contribution in [3.8, 4) is 33.8 Å². The summed E-state index contributed by atoms with van der Waals surface area (Å²) in [5.74, 6) is -0.291. The average Bonchev–Trinajstić information content (AvgIpc) is 3.68. The summed E-state index contributed by atoms with van der Waals surface area (Å²) in [6.45, 7) is 3.26. The number of aromatic amines is 2. The smallest absolute Gasteiger partial charge is 0.132 e. The van der Waals surface area contributed by atoms with Gasteiger partial charge >= 0.3 is 0 Å². The van der Waals surface area contributed by atoms with Crippen LogP contribution in [0.1, 0.15) is 18.4 Å². The number of aromatic nitrogens is 5. The number of benzene rings is 2. The fourth-order valence-corrected chi connectivity index (χ4v) is 5.38. The molecule has 0 atom stereocenters. The van der Waals surface area contributed by atoms with Crippen LogP contribution >= 0.6 is 0 Å². The lowest BCUT2D eigenvalue weighted by Crippen LogP contribution is -2.18. The van der Waals surface area contributed by atoms with Crippen LogP contribution < -0.4 is 0 Å². The third-order valence-corrected chi connectivity index (χ3v) is 7.23. The summed E-state index contributed by atoms with van der Waals surface area (Å²) < 4.78 is 14.6. The Morgan fingerprint density at radius 3 is 2.59 bits per heavy atom. The van der Waals surface area contributed by atoms with Crippen molar-refractivity contribution in [3.63, 3.8) is 0 Å². The van der Waals surface area contributed by atoms with E-state index in [1.54, 1.807) is 18.3 Å². The van der Waals surface area contributed by atoms with Gasteiger partial charge in [0.2, 0.25) is 0 Å². The van der Waals surface area contributed by atoms with E-state index in [0.29, 0.717) is 11.3 Å². The first-order valence-corrected chi connectivity index (χ1v) is 12.6. The van der Waals surface area contributed by atoms with Crippen molar-refractivity contribution in [1.29, 1.82) is 0 Å². The second kappa shape index (κ2) is 8.94. The van der Waals surface area contributed by atoms with Crippen LogP contribution in [0.5, 0.6) is 0 Å². The highest BCUT2D eigenvalue weighted by Gasteiger charge is 2.17. The van der Waals surface area contributed by atoms with Crippen LogP contribution in [0.25, 0.3) is 55.6 Å². The third kappa shape index (κ3) is 3.97. The van der Waals surface area contributed by atoms with E-state index in [9.17, 15) is 4.39 Å². The molecule has 2 N–H and O–H groups in total. The molecule has 7 rings (SSSR count). The van der Waals surface area contributed by atoms with Gasteiger partial charge in [-0.1, -0.05) is 18.2 Å². The van der Waals surface area contributed by atoms with E-state index in [1.807, 2.05) is 30.6 Å². The van der Waals surface area contributed by atoms with Gasteiger partial charge in [-0.15, -0.1) is 0 Å². The molecule has 1 saturated heterocycles. The highest BCUT2D eigenvalue weighted by molar-refractivity contribution is 6.00. The number of likely N-dealkylation sites (tertiary alicyclic amines) is 1. The lowest BCUT2D eigenvalue weighted by molar-refractivity contribution is 0.331. The molecule has 0 aliphatic carbocycles. The average molecular weight is 489 g/mol. The standard InChI is InChI=1S/C30H25FN6/c31-25-6-2-1-5-22(25)29-24-15-28(34-26(24)9-10-33-29)30-23-14-20(7-8-27(23)35-36-30)21-13-19(16-32-17-21)18-37-11-3-4-12-37/h1-2,5-10,13-17,34H,3-4,11-12,18H2,(H,35,36). The lowest BCUT2D eigenvalue weighted by Gasteiger charge is -2.14. The SMILES string of the molecule is Fc1ccccc1-c1nccc2[nH]c(-c3n[nH]c4ccc(-c5cncc(CN6CCCC6)c5)cc34)cc12. The molecule has 0 unspecified atom stereocenters. The van der Waals surface area contributed by atoms with Gasteiger partial charge in [0, 0.05) is 52.6 Å². The molecule has 4 aromatic heterocycles. The van der Waals surface area contributed by atoms with Crippen molar-refractivity contribution in [2.45, 2.75) is 19.4 Å². The van der Waals surface area contributed by atoms with E-state index in [0.717, 1.165) is 64.0 Å². The van der Waals surface area contributed by atoms with Crippen LogP contribution in [0.2, 0.25) is 0 Å². The molecule has 0 radical (unpaired) electrons. The molecule has 0 saturated carbocycles. The fraction of sp³-hybridized carbons (Fsp3) is 0.167. The summed E-state index contributed by atoms with van der Waals surface area (Å²) in [6.07, 6.45) is 8.14. The molecule has 1 aliphatic rings. The largest absolute Gasteiger partial charge is 0.353 e. The maximum Gasteiger partial charge on any atom is 0.132 e. The molecule has 1 fully saturated rings. The van der Waals surface area contributed by atoms with Gasteiger partial charge in [0.05, 0.1) is 16.9 Å². The summed E-state index contributed by atoms with van der Waals surface area (Å²) in [4.78, 5) is 15.0. The quantitative estimate of drug-likeness (QED) is 0.288. The van der Waals surface area contributed by atoms with Crippen LogP contribution in [0.15, 0.2) is 79.3 Å². The normalized spacial score (nSPS) is 14.2. The predicted octanol–water partition coefficient (Wildman–Crippen LogP) is 6.57. The molecule has 0 bridgehead atoms. The van der Waals surface area contributed by atoms with Crippen molar-refractivity contribution >= 4 is 21.8 Å². The molecular weight excluding hydrogens is 463 g/mol. The summed E-state index contributed by atoms with van der Waals surface area (Å²) in [5, 5.41) is 9.65. The van der Waals surface area contributed by atoms with Crippen molar-refractivity contribution < 1.29 is 4.39 Å². The van der Waals surface area contributed by atoms with E-state index < -0.39 is 0 Å². The number of fused-ring (bicyclic) bond motifs is 2. The van der Waals surface area contributed by atoms with E-state index in [-0.39, 0.29) is 5.82 Å². The summed E-state index contributed by atoms with van der Waals surface area (Å²) >= 11 is 0. The van der Waals surface area contributed by atoms with Crippen LogP contribution in [0.4, 0.5) is 4.39 Å². The highest BCUT2D eigenvalue weighted by atomic mass is 19.1. The van der Waals surface area contributed by atoms with Gasteiger partial charge in [0.15, 0.2) is 0 Å². The molecule has 0 spiro atoms. The van der Waals surface area contributed by atoms with Crippen LogP contribution in [0, 0.1) is 5.82 Å².